The Hall–Kier alpha value is -7.37. The van der Waals surface area contributed by atoms with Crippen molar-refractivity contribution in [1.82, 2.24) is 65.8 Å². The van der Waals surface area contributed by atoms with Crippen LogP contribution in [0.1, 0.15) is 163 Å². The monoisotopic (exact) mass is 1470 g/mol. The number of rotatable bonds is 22. The van der Waals surface area contributed by atoms with Crippen molar-refractivity contribution in [3.63, 3.8) is 0 Å². The summed E-state index contributed by atoms with van der Waals surface area (Å²) in [6, 6.07) is -14.7. The van der Waals surface area contributed by atoms with Crippen molar-refractivity contribution in [3.05, 3.63) is 24.5 Å². The smallest absolute Gasteiger partial charge is 0.390 e. The Balaban J connectivity index is 3.03. The molecule has 2 rings (SSSR count). The Morgan fingerprint density at radius 1 is 0.553 bits per heavy atom. The van der Waals surface area contributed by atoms with Gasteiger partial charge in [0.2, 0.25) is 70.9 Å². The minimum absolute atomic E-state index is 0.0528. The zero-order valence-corrected chi connectivity index (χ0v) is 66.0. The van der Waals surface area contributed by atoms with Crippen molar-refractivity contribution in [3.8, 4) is 0 Å². The molecular formula is C73H126F3N13O14. The van der Waals surface area contributed by atoms with Crippen LogP contribution < -0.4 is 26.6 Å². The van der Waals surface area contributed by atoms with E-state index < -0.39 is 186 Å². The Morgan fingerprint density at radius 2 is 1.04 bits per heavy atom. The summed E-state index contributed by atoms with van der Waals surface area (Å²) in [7, 11) is 8.40. The molecule has 27 nitrogen and oxygen atoms in total. The van der Waals surface area contributed by atoms with E-state index in [1.54, 1.807) is 46.4 Å². The molecule has 12 amide bonds. The SMILES string of the molecule is C=C(C)O[C@H]([C@H](C)C/C=C/C)[C@H]1C(=O)N[C@@H](CC)C(=O)N(C)[C@H](C)C(=O)N[C@@H]([C@H](C)COCC(=O)N2CCN(CCC(F)(F)F)CC2)C(=O)N[C@@H](C(C)C)C(=O)N(C)[C@@H](CC(C)C)C(=O)N[C@@H](C)C(=O)N[C@H](C)C(=O)N(C)[C@@H](CC(C)C)C(=O)N(C)[C@@H](CC(C)C)C(=O)N(C)[C@@H](C(C)C)C(=O)N1C. The van der Waals surface area contributed by atoms with E-state index in [0.717, 1.165) is 9.80 Å². The summed E-state index contributed by atoms with van der Waals surface area (Å²) in [5, 5.41) is 13.7. The van der Waals surface area contributed by atoms with E-state index in [1.807, 2.05) is 67.5 Å². The van der Waals surface area contributed by atoms with Crippen LogP contribution in [-0.4, -0.2) is 277 Å². The lowest BCUT2D eigenvalue weighted by molar-refractivity contribution is -0.158. The number of alkyl halides is 3. The third kappa shape index (κ3) is 27.2. The highest BCUT2D eigenvalue weighted by atomic mass is 19.4. The van der Waals surface area contributed by atoms with Crippen LogP contribution >= 0.6 is 0 Å². The van der Waals surface area contributed by atoms with Crippen LogP contribution in [0, 0.1) is 41.4 Å². The molecule has 0 aromatic heterocycles. The number of nitrogens with zero attached hydrogens (tertiary/aromatic N) is 8. The topological polar surface area (TPSA) is 309 Å². The number of carbonyl (C=O) groups excluding carboxylic acids is 12. The number of halogens is 3. The van der Waals surface area contributed by atoms with E-state index in [0.29, 0.717) is 6.42 Å². The first-order chi connectivity index (χ1) is 47.7. The highest BCUT2D eigenvalue weighted by molar-refractivity contribution is 6.00. The number of hydrogen-bond acceptors (Lipinski definition) is 15. The molecule has 0 radical (unpaired) electrons. The molecule has 0 spiro atoms. The van der Waals surface area contributed by atoms with Crippen LogP contribution in [0.4, 0.5) is 13.2 Å². The fourth-order valence-corrected chi connectivity index (χ4v) is 12.7. The highest BCUT2D eigenvalue weighted by Gasteiger charge is 2.47. The fraction of sp³-hybridized carbons (Fsp3) is 0.781. The van der Waals surface area contributed by atoms with Gasteiger partial charge < -0.3 is 70.4 Å². The molecule has 0 aromatic rings. The lowest BCUT2D eigenvalue weighted by Gasteiger charge is -2.42. The van der Waals surface area contributed by atoms with Crippen molar-refractivity contribution >= 4 is 70.9 Å². The molecule has 30 heteroatoms. The van der Waals surface area contributed by atoms with Crippen LogP contribution in [-0.2, 0) is 67.0 Å². The maximum atomic E-state index is 15.6. The van der Waals surface area contributed by atoms with Crippen molar-refractivity contribution in [2.45, 2.75) is 242 Å². The van der Waals surface area contributed by atoms with E-state index in [-0.39, 0.29) is 88.5 Å². The molecule has 103 heavy (non-hydrogen) atoms. The third-order valence-corrected chi connectivity index (χ3v) is 19.3. The zero-order chi connectivity index (χ0) is 79.2. The molecular weight excluding hydrogens is 1340 g/mol. The minimum atomic E-state index is -4.34. The predicted molar refractivity (Wildman–Crippen MR) is 386 cm³/mol. The number of hydrogen-bond donors (Lipinski definition) is 5. The van der Waals surface area contributed by atoms with Crippen molar-refractivity contribution < 1.29 is 80.2 Å². The van der Waals surface area contributed by atoms with Crippen molar-refractivity contribution in [1.29, 1.82) is 0 Å². The molecule has 0 bridgehead atoms. The largest absolute Gasteiger partial charge is 0.493 e. The van der Waals surface area contributed by atoms with Gasteiger partial charge in [-0.25, -0.2) is 0 Å². The summed E-state index contributed by atoms with van der Waals surface area (Å²) in [6.45, 7) is 33.9. The average Bonchev–Trinajstić information content (AvgIpc) is 0.800. The first kappa shape index (κ1) is 91.7. The number of allylic oxidation sites excluding steroid dienone is 3. The number of ether oxygens (including phenoxy) is 2. The van der Waals surface area contributed by atoms with Gasteiger partial charge in [0.1, 0.15) is 79.2 Å². The van der Waals surface area contributed by atoms with E-state index in [1.165, 1.54) is 94.5 Å². The standard InChI is InChI=1S/C73H126F3N13O14/c1-26-28-29-47(15)61(103-46(13)14)60-66(95)79-52(27-2)68(97)82(20)51(19)63(92)81-58(48(16)39-102-40-56(90)89-34-32-88(33-35-89)31-30-73(74,75)76)65(94)80-57(44(9)10)71(100)83(21)53(36-41(3)4)64(93)77-49(17)62(91)78-50(18)67(96)84(22)54(37-42(5)6)69(98)85(23)55(38-43(7)8)70(99)86(24)59(45(11)12)72(101)87(60)25/h26,28,41-45,47-55,57-61H,13,27,29-40H2,1-12,14-25H3,(H,77,93)(H,78,91)(H,79,95)(H,80,94)(H,81,92)/b28-26+/t47-,48-,49+,50-,51-,52+,53+,54+,55+,57+,58+,59+,60+,61-/m1/s1. The van der Waals surface area contributed by atoms with Gasteiger partial charge in [-0.1, -0.05) is 109 Å². The fourth-order valence-electron chi connectivity index (χ4n) is 12.7. The second kappa shape index (κ2) is 41.9. The Morgan fingerprint density at radius 3 is 1.52 bits per heavy atom. The summed E-state index contributed by atoms with van der Waals surface area (Å²) in [4.78, 5) is 188. The second-order valence-electron chi connectivity index (χ2n) is 30.2. The third-order valence-electron chi connectivity index (χ3n) is 19.3. The first-order valence-corrected chi connectivity index (χ1v) is 36.4. The van der Waals surface area contributed by atoms with Crippen LogP contribution in [0.25, 0.3) is 0 Å². The Labute approximate surface area is 610 Å². The van der Waals surface area contributed by atoms with Crippen LogP contribution in [0.15, 0.2) is 24.5 Å². The van der Waals surface area contributed by atoms with Gasteiger partial charge in [0.25, 0.3) is 0 Å². The number of amides is 12. The van der Waals surface area contributed by atoms with Crippen molar-refractivity contribution in [2.75, 3.05) is 88.2 Å². The summed E-state index contributed by atoms with van der Waals surface area (Å²) in [5.74, 6) is -12.0. The van der Waals surface area contributed by atoms with E-state index in [2.05, 4.69) is 33.2 Å². The minimum Gasteiger partial charge on any atom is -0.493 e. The van der Waals surface area contributed by atoms with Crippen LogP contribution in [0.3, 0.4) is 0 Å². The lowest BCUT2D eigenvalue weighted by atomic mass is 9.91. The van der Waals surface area contributed by atoms with Gasteiger partial charge in [-0.15, -0.1) is 0 Å². The number of likely N-dealkylation sites (N-methyl/N-ethyl adjacent to an activating group) is 6. The van der Waals surface area contributed by atoms with E-state index in [4.69, 9.17) is 9.47 Å². The van der Waals surface area contributed by atoms with E-state index >= 15 is 19.2 Å². The number of nitrogens with one attached hydrogen (secondary N) is 5. The highest BCUT2D eigenvalue weighted by Crippen LogP contribution is 2.28. The molecule has 2 saturated heterocycles. The Kier molecular flexibility index (Phi) is 37.4. The normalized spacial score (nSPS) is 26.3. The number of carbonyl (C=O) groups is 12. The molecule has 5 N–H and O–H groups in total. The first-order valence-electron chi connectivity index (χ1n) is 36.4. The Bertz CT molecular complexity index is 2920. The molecule has 2 heterocycles. The molecule has 0 saturated carbocycles. The van der Waals surface area contributed by atoms with Gasteiger partial charge in [-0.2, -0.15) is 13.2 Å². The maximum Gasteiger partial charge on any atom is 0.390 e. The summed E-state index contributed by atoms with van der Waals surface area (Å²) in [5.41, 5.74) is 0. The maximum absolute atomic E-state index is 15.6. The predicted octanol–water partition coefficient (Wildman–Crippen LogP) is 4.58. The van der Waals surface area contributed by atoms with Gasteiger partial charge in [0.05, 0.1) is 18.8 Å². The average molecular weight is 1470 g/mol. The lowest BCUT2D eigenvalue weighted by Crippen LogP contribution is -2.64. The van der Waals surface area contributed by atoms with Gasteiger partial charge >= 0.3 is 6.18 Å². The summed E-state index contributed by atoms with van der Waals surface area (Å²) in [6.07, 6.45) is -2.20. The van der Waals surface area contributed by atoms with Gasteiger partial charge in [-0.3, -0.25) is 62.4 Å². The molecule has 588 valence electrons. The second-order valence-corrected chi connectivity index (χ2v) is 30.2. The molecule has 14 atom stereocenters. The summed E-state index contributed by atoms with van der Waals surface area (Å²) < 4.78 is 51.3. The molecule has 2 aliphatic rings. The molecule has 0 aliphatic carbocycles. The van der Waals surface area contributed by atoms with E-state index in [9.17, 15) is 51.5 Å². The molecule has 2 aliphatic heterocycles. The molecule has 0 aromatic carbocycles. The molecule has 2 fully saturated rings. The van der Waals surface area contributed by atoms with Gasteiger partial charge in [0.15, 0.2) is 0 Å². The van der Waals surface area contributed by atoms with Crippen molar-refractivity contribution in [2.24, 2.45) is 41.4 Å². The summed E-state index contributed by atoms with van der Waals surface area (Å²) >= 11 is 0. The van der Waals surface area contributed by atoms with Crippen LogP contribution in [0.5, 0.6) is 0 Å². The van der Waals surface area contributed by atoms with Gasteiger partial charge in [0, 0.05) is 80.9 Å². The number of piperazine rings is 1. The quantitative estimate of drug-likeness (QED) is 0.0732. The zero-order valence-electron chi connectivity index (χ0n) is 66.0. The molecule has 0 unspecified atom stereocenters. The van der Waals surface area contributed by atoms with Crippen LogP contribution in [0.2, 0.25) is 0 Å². The van der Waals surface area contributed by atoms with Gasteiger partial charge in [-0.05, 0) is 102 Å².